The molecule has 146 valence electrons. The first-order valence-electron chi connectivity index (χ1n) is 9.59. The topological polar surface area (TPSA) is 73.9 Å². The molecule has 3 aromatic rings. The maximum atomic E-state index is 13.6. The molecular weight excluding hydrogens is 361 g/mol. The van der Waals surface area contributed by atoms with E-state index in [2.05, 4.69) is 33.5 Å². The van der Waals surface area contributed by atoms with E-state index in [9.17, 15) is 4.39 Å². The molecule has 5 rings (SSSR count). The average Bonchev–Trinajstić information content (AvgIpc) is 3.39. The molecule has 0 amide bonds. The Morgan fingerprint density at radius 2 is 2.11 bits per heavy atom. The molecule has 0 aromatic carbocycles. The number of ether oxygens (including phenoxy) is 1. The van der Waals surface area contributed by atoms with E-state index in [1.165, 1.54) is 0 Å². The van der Waals surface area contributed by atoms with Crippen molar-refractivity contribution in [2.75, 3.05) is 24.6 Å². The molecule has 2 aliphatic rings. The van der Waals surface area contributed by atoms with Gasteiger partial charge in [-0.1, -0.05) is 0 Å². The first kappa shape index (κ1) is 17.2. The molecule has 0 aliphatic carbocycles. The standard InChI is InChI=1S/C19H22FN7O/c1-12(2)27-19(22-11-23-27)15-10-26-5-6-28-16-7-17(25-4-3-13(20)9-25)21-8-14(16)18(26)24-15/h7-8,10-13H,3-6,9H2,1-2H3/t13-/m1/s1. The van der Waals surface area contributed by atoms with Gasteiger partial charge in [-0.25, -0.2) is 24.0 Å². The Bertz CT molecular complexity index is 1010. The second-order valence-corrected chi connectivity index (χ2v) is 7.48. The van der Waals surface area contributed by atoms with E-state index in [1.807, 2.05) is 21.8 Å². The summed E-state index contributed by atoms with van der Waals surface area (Å²) in [5, 5.41) is 4.31. The Kier molecular flexibility index (Phi) is 4.03. The van der Waals surface area contributed by atoms with Gasteiger partial charge >= 0.3 is 0 Å². The molecule has 1 fully saturated rings. The van der Waals surface area contributed by atoms with Gasteiger partial charge in [-0.2, -0.15) is 5.10 Å². The highest BCUT2D eigenvalue weighted by molar-refractivity contribution is 5.69. The van der Waals surface area contributed by atoms with Gasteiger partial charge in [0.2, 0.25) is 0 Å². The average molecular weight is 383 g/mol. The third-order valence-corrected chi connectivity index (χ3v) is 5.20. The molecular formula is C19H22FN7O. The summed E-state index contributed by atoms with van der Waals surface area (Å²) in [6.45, 7) is 6.40. The molecule has 0 saturated carbocycles. The van der Waals surface area contributed by atoms with Crippen LogP contribution in [0.3, 0.4) is 0 Å². The summed E-state index contributed by atoms with van der Waals surface area (Å²) >= 11 is 0. The Hall–Kier alpha value is -2.97. The second kappa shape index (κ2) is 6.57. The Morgan fingerprint density at radius 1 is 1.21 bits per heavy atom. The van der Waals surface area contributed by atoms with Gasteiger partial charge in [-0.05, 0) is 20.3 Å². The lowest BCUT2D eigenvalue weighted by Crippen LogP contribution is -2.21. The van der Waals surface area contributed by atoms with Gasteiger partial charge in [0, 0.05) is 31.0 Å². The fourth-order valence-corrected chi connectivity index (χ4v) is 3.79. The van der Waals surface area contributed by atoms with Crippen molar-refractivity contribution in [3.05, 3.63) is 24.8 Å². The molecule has 5 heterocycles. The van der Waals surface area contributed by atoms with Crippen molar-refractivity contribution >= 4 is 5.82 Å². The molecule has 9 heteroatoms. The zero-order valence-corrected chi connectivity index (χ0v) is 15.9. The van der Waals surface area contributed by atoms with Crippen LogP contribution in [0.5, 0.6) is 5.75 Å². The smallest absolute Gasteiger partial charge is 0.178 e. The van der Waals surface area contributed by atoms with E-state index in [0.29, 0.717) is 32.7 Å². The number of halogens is 1. The summed E-state index contributed by atoms with van der Waals surface area (Å²) in [5.74, 6) is 3.02. The zero-order valence-electron chi connectivity index (χ0n) is 15.9. The van der Waals surface area contributed by atoms with Crippen LogP contribution in [0.4, 0.5) is 10.2 Å². The van der Waals surface area contributed by atoms with Crippen LogP contribution in [0.2, 0.25) is 0 Å². The summed E-state index contributed by atoms with van der Waals surface area (Å²) in [4.78, 5) is 15.7. The third-order valence-electron chi connectivity index (χ3n) is 5.20. The first-order valence-corrected chi connectivity index (χ1v) is 9.59. The summed E-state index contributed by atoms with van der Waals surface area (Å²) in [6, 6.07) is 2.09. The zero-order chi connectivity index (χ0) is 19.3. The molecule has 0 radical (unpaired) electrons. The fourth-order valence-electron chi connectivity index (χ4n) is 3.79. The van der Waals surface area contributed by atoms with Crippen molar-refractivity contribution in [2.24, 2.45) is 0 Å². The van der Waals surface area contributed by atoms with Crippen LogP contribution in [0.15, 0.2) is 24.8 Å². The SMILES string of the molecule is CC(C)n1ncnc1-c1cn2c(n1)-c1cnc(N3CC[C@@H](F)C3)cc1OCC2. The minimum absolute atomic E-state index is 0.193. The quantitative estimate of drug-likeness (QED) is 0.692. The van der Waals surface area contributed by atoms with E-state index in [0.717, 1.165) is 34.5 Å². The molecule has 0 spiro atoms. The number of imidazole rings is 1. The molecule has 1 saturated heterocycles. The maximum Gasteiger partial charge on any atom is 0.178 e. The second-order valence-electron chi connectivity index (χ2n) is 7.48. The van der Waals surface area contributed by atoms with Crippen molar-refractivity contribution in [1.82, 2.24) is 29.3 Å². The number of rotatable bonds is 3. The predicted molar refractivity (Wildman–Crippen MR) is 102 cm³/mol. The Labute approximate surface area is 162 Å². The van der Waals surface area contributed by atoms with Crippen LogP contribution in [0.1, 0.15) is 26.3 Å². The molecule has 0 unspecified atom stereocenters. The van der Waals surface area contributed by atoms with Gasteiger partial charge < -0.3 is 14.2 Å². The highest BCUT2D eigenvalue weighted by atomic mass is 19.1. The normalized spacial score (nSPS) is 18.7. The van der Waals surface area contributed by atoms with Crippen molar-refractivity contribution in [2.45, 2.75) is 39.0 Å². The maximum absolute atomic E-state index is 13.6. The van der Waals surface area contributed by atoms with Gasteiger partial charge in [-0.15, -0.1) is 0 Å². The molecule has 1 atom stereocenters. The number of hydrogen-bond donors (Lipinski definition) is 0. The highest BCUT2D eigenvalue weighted by Gasteiger charge is 2.26. The molecule has 0 bridgehead atoms. The lowest BCUT2D eigenvalue weighted by Gasteiger charge is -2.17. The Balaban J connectivity index is 1.54. The number of anilines is 1. The summed E-state index contributed by atoms with van der Waals surface area (Å²) < 4.78 is 23.4. The van der Waals surface area contributed by atoms with E-state index in [-0.39, 0.29) is 6.04 Å². The number of hydrogen-bond acceptors (Lipinski definition) is 6. The summed E-state index contributed by atoms with van der Waals surface area (Å²) in [6.07, 6.45) is 5.07. The van der Waals surface area contributed by atoms with Crippen LogP contribution in [-0.4, -0.2) is 55.2 Å². The fraction of sp³-hybridized carbons (Fsp3) is 0.474. The summed E-state index contributed by atoms with van der Waals surface area (Å²) in [5.41, 5.74) is 1.61. The van der Waals surface area contributed by atoms with Crippen molar-refractivity contribution in [3.63, 3.8) is 0 Å². The van der Waals surface area contributed by atoms with Gasteiger partial charge in [0.15, 0.2) is 5.82 Å². The minimum atomic E-state index is -0.790. The number of pyridine rings is 1. The molecule has 0 N–H and O–H groups in total. The van der Waals surface area contributed by atoms with Gasteiger partial charge in [0.05, 0.1) is 18.7 Å². The molecule has 8 nitrogen and oxygen atoms in total. The summed E-state index contributed by atoms with van der Waals surface area (Å²) in [7, 11) is 0. The van der Waals surface area contributed by atoms with Crippen molar-refractivity contribution < 1.29 is 9.13 Å². The van der Waals surface area contributed by atoms with Crippen LogP contribution >= 0.6 is 0 Å². The number of fused-ring (bicyclic) bond motifs is 3. The number of alkyl halides is 1. The van der Waals surface area contributed by atoms with E-state index < -0.39 is 6.17 Å². The van der Waals surface area contributed by atoms with Crippen molar-refractivity contribution in [3.8, 4) is 28.7 Å². The van der Waals surface area contributed by atoms with E-state index >= 15 is 0 Å². The van der Waals surface area contributed by atoms with Gasteiger partial charge in [0.25, 0.3) is 0 Å². The van der Waals surface area contributed by atoms with Crippen LogP contribution in [0.25, 0.3) is 22.9 Å². The third kappa shape index (κ3) is 2.81. The van der Waals surface area contributed by atoms with Gasteiger partial charge in [-0.3, -0.25) is 0 Å². The lowest BCUT2D eigenvalue weighted by atomic mass is 10.2. The van der Waals surface area contributed by atoms with Crippen LogP contribution in [-0.2, 0) is 6.54 Å². The monoisotopic (exact) mass is 383 g/mol. The van der Waals surface area contributed by atoms with Gasteiger partial charge in [0.1, 0.15) is 42.2 Å². The minimum Gasteiger partial charge on any atom is -0.491 e. The van der Waals surface area contributed by atoms with E-state index in [4.69, 9.17) is 9.72 Å². The molecule has 3 aromatic heterocycles. The highest BCUT2D eigenvalue weighted by Crippen LogP contribution is 2.36. The number of aromatic nitrogens is 6. The van der Waals surface area contributed by atoms with Crippen LogP contribution < -0.4 is 9.64 Å². The number of nitrogens with zero attached hydrogens (tertiary/aromatic N) is 7. The van der Waals surface area contributed by atoms with E-state index in [1.54, 1.807) is 12.5 Å². The predicted octanol–water partition coefficient (Wildman–Crippen LogP) is 2.73. The Morgan fingerprint density at radius 3 is 2.89 bits per heavy atom. The molecule has 28 heavy (non-hydrogen) atoms. The van der Waals surface area contributed by atoms with Crippen LogP contribution in [0, 0.1) is 0 Å². The van der Waals surface area contributed by atoms with Crippen molar-refractivity contribution in [1.29, 1.82) is 0 Å². The molecule has 2 aliphatic heterocycles. The lowest BCUT2D eigenvalue weighted by molar-refractivity contribution is 0.306. The first-order chi connectivity index (χ1) is 13.6. The largest absolute Gasteiger partial charge is 0.491 e.